The lowest BCUT2D eigenvalue weighted by molar-refractivity contribution is -0.141. The number of aryl methyl sites for hydroxylation is 1. The molecular weight excluding hydrogens is 385 g/mol. The summed E-state index contributed by atoms with van der Waals surface area (Å²) in [5.41, 5.74) is -0.321. The smallest absolute Gasteiger partial charge is 0.378 e. The van der Waals surface area contributed by atoms with Crippen LogP contribution in [0.5, 0.6) is 0 Å². The van der Waals surface area contributed by atoms with Gasteiger partial charge in [-0.3, -0.25) is 4.98 Å². The quantitative estimate of drug-likeness (QED) is 0.773. The highest BCUT2D eigenvalue weighted by Gasteiger charge is 2.33. The molecule has 2 aliphatic heterocycles. The molecule has 2 aromatic rings. The number of anilines is 3. The summed E-state index contributed by atoms with van der Waals surface area (Å²) in [4.78, 5) is 18.9. The normalized spacial score (nSPS) is 18.3. The van der Waals surface area contributed by atoms with Gasteiger partial charge in [-0.25, -0.2) is 9.97 Å². The lowest BCUT2D eigenvalue weighted by atomic mass is 10.2. The van der Waals surface area contributed by atoms with Crippen LogP contribution in [0, 0.1) is 6.92 Å². The van der Waals surface area contributed by atoms with E-state index in [0.717, 1.165) is 30.8 Å². The van der Waals surface area contributed by atoms with E-state index < -0.39 is 11.9 Å². The first-order valence-corrected chi connectivity index (χ1v) is 9.62. The van der Waals surface area contributed by atoms with Crippen molar-refractivity contribution in [3.8, 4) is 0 Å². The summed E-state index contributed by atoms with van der Waals surface area (Å²) in [7, 11) is 0. The van der Waals surface area contributed by atoms with Crippen LogP contribution in [0.1, 0.15) is 11.5 Å². The highest BCUT2D eigenvalue weighted by molar-refractivity contribution is 5.54. The van der Waals surface area contributed by atoms with Crippen molar-refractivity contribution in [2.24, 2.45) is 0 Å². The second kappa shape index (κ2) is 8.02. The number of aromatic nitrogens is 3. The van der Waals surface area contributed by atoms with E-state index in [9.17, 15) is 13.2 Å². The molecule has 156 valence electrons. The molecule has 2 aromatic heterocycles. The van der Waals surface area contributed by atoms with Crippen LogP contribution in [0.3, 0.4) is 0 Å². The molecule has 29 heavy (non-hydrogen) atoms. The van der Waals surface area contributed by atoms with Crippen molar-refractivity contribution < 1.29 is 17.9 Å². The van der Waals surface area contributed by atoms with Gasteiger partial charge >= 0.3 is 6.18 Å². The molecule has 0 unspecified atom stereocenters. The second-order valence-electron chi connectivity index (χ2n) is 7.10. The van der Waals surface area contributed by atoms with Crippen LogP contribution in [0.25, 0.3) is 0 Å². The molecule has 7 nitrogen and oxygen atoms in total. The van der Waals surface area contributed by atoms with Gasteiger partial charge < -0.3 is 19.4 Å². The summed E-state index contributed by atoms with van der Waals surface area (Å²) in [6.45, 7) is 7.39. The Balaban J connectivity index is 1.45. The largest absolute Gasteiger partial charge is 0.433 e. The number of ether oxygens (including phenoxy) is 1. The number of hydrogen-bond acceptors (Lipinski definition) is 7. The van der Waals surface area contributed by atoms with E-state index in [1.807, 2.05) is 17.9 Å². The van der Waals surface area contributed by atoms with Crippen LogP contribution >= 0.6 is 0 Å². The molecule has 2 fully saturated rings. The summed E-state index contributed by atoms with van der Waals surface area (Å²) in [6.07, 6.45) is -3.22. The van der Waals surface area contributed by atoms with E-state index in [4.69, 9.17) is 4.74 Å². The van der Waals surface area contributed by atoms with E-state index in [2.05, 4.69) is 24.8 Å². The van der Waals surface area contributed by atoms with Gasteiger partial charge in [-0.05, 0) is 19.1 Å². The van der Waals surface area contributed by atoms with Crippen LogP contribution in [0.4, 0.5) is 30.5 Å². The predicted octanol–water partition coefficient (Wildman–Crippen LogP) is 2.36. The van der Waals surface area contributed by atoms with Crippen LogP contribution in [-0.2, 0) is 10.9 Å². The molecule has 10 heteroatoms. The van der Waals surface area contributed by atoms with Gasteiger partial charge in [-0.15, -0.1) is 0 Å². The molecule has 0 bridgehead atoms. The van der Waals surface area contributed by atoms with Crippen molar-refractivity contribution >= 4 is 17.3 Å². The minimum atomic E-state index is -4.44. The summed E-state index contributed by atoms with van der Waals surface area (Å²) < 4.78 is 44.2. The van der Waals surface area contributed by atoms with Crippen molar-refractivity contribution in [2.75, 3.05) is 67.2 Å². The van der Waals surface area contributed by atoms with E-state index >= 15 is 0 Å². The van der Waals surface area contributed by atoms with Crippen LogP contribution in [0.15, 0.2) is 24.4 Å². The Labute approximate surface area is 167 Å². The van der Waals surface area contributed by atoms with Crippen molar-refractivity contribution in [1.29, 1.82) is 0 Å². The molecule has 4 rings (SSSR count). The maximum atomic E-state index is 12.9. The monoisotopic (exact) mass is 408 g/mol. The first kappa shape index (κ1) is 19.7. The van der Waals surface area contributed by atoms with Crippen LogP contribution in [-0.4, -0.2) is 67.4 Å². The van der Waals surface area contributed by atoms with Gasteiger partial charge in [0.1, 0.15) is 23.2 Å². The molecule has 0 amide bonds. The topological polar surface area (TPSA) is 57.6 Å². The van der Waals surface area contributed by atoms with Gasteiger partial charge in [0.25, 0.3) is 0 Å². The number of nitrogens with zero attached hydrogens (tertiary/aromatic N) is 6. The molecule has 4 heterocycles. The third-order valence-electron chi connectivity index (χ3n) is 5.15. The number of morpholine rings is 1. The van der Waals surface area contributed by atoms with Gasteiger partial charge in [-0.2, -0.15) is 13.2 Å². The van der Waals surface area contributed by atoms with Crippen molar-refractivity contribution in [3.63, 3.8) is 0 Å². The third-order valence-corrected chi connectivity index (χ3v) is 5.15. The number of hydrogen-bond donors (Lipinski definition) is 0. The van der Waals surface area contributed by atoms with Crippen LogP contribution < -0.4 is 14.7 Å². The fraction of sp³-hybridized carbons (Fsp3) is 0.526. The highest BCUT2D eigenvalue weighted by atomic mass is 19.4. The van der Waals surface area contributed by atoms with E-state index in [-0.39, 0.29) is 0 Å². The zero-order valence-corrected chi connectivity index (χ0v) is 16.2. The standard InChI is InChI=1S/C19H23F3N6O/c1-14-24-17(13-18(25-14)28-8-10-29-11-9-28)27-6-4-26(5-7-27)15-2-3-23-16(12-15)19(20,21)22/h2-3,12-13H,4-11H2,1H3. The van der Waals surface area contributed by atoms with Gasteiger partial charge in [0, 0.05) is 57.2 Å². The average molecular weight is 408 g/mol. The van der Waals surface area contributed by atoms with Gasteiger partial charge in [-0.1, -0.05) is 0 Å². The second-order valence-corrected chi connectivity index (χ2v) is 7.10. The van der Waals surface area contributed by atoms with Gasteiger partial charge in [0.15, 0.2) is 0 Å². The minimum Gasteiger partial charge on any atom is -0.378 e. The average Bonchev–Trinajstić information content (AvgIpc) is 2.73. The van der Waals surface area contributed by atoms with Crippen molar-refractivity contribution in [3.05, 3.63) is 35.9 Å². The summed E-state index contributed by atoms with van der Waals surface area (Å²) in [5.74, 6) is 2.45. The molecule has 0 saturated carbocycles. The Hall–Kier alpha value is -2.62. The lowest BCUT2D eigenvalue weighted by Crippen LogP contribution is -2.47. The lowest BCUT2D eigenvalue weighted by Gasteiger charge is -2.37. The zero-order valence-electron chi connectivity index (χ0n) is 16.2. The Morgan fingerprint density at radius 2 is 1.45 bits per heavy atom. The number of piperazine rings is 1. The van der Waals surface area contributed by atoms with Gasteiger partial charge in [0.2, 0.25) is 0 Å². The molecule has 0 aliphatic carbocycles. The first-order chi connectivity index (χ1) is 13.9. The minimum absolute atomic E-state index is 0.542. The zero-order chi connectivity index (χ0) is 20.4. The molecule has 0 atom stereocenters. The molecule has 0 radical (unpaired) electrons. The molecule has 0 aromatic carbocycles. The number of rotatable bonds is 3. The van der Waals surface area contributed by atoms with Crippen molar-refractivity contribution in [1.82, 2.24) is 15.0 Å². The maximum absolute atomic E-state index is 12.9. The molecule has 0 spiro atoms. The third kappa shape index (κ3) is 4.52. The van der Waals surface area contributed by atoms with Crippen LogP contribution in [0.2, 0.25) is 0 Å². The van der Waals surface area contributed by atoms with E-state index in [1.54, 1.807) is 6.07 Å². The fourth-order valence-corrected chi connectivity index (χ4v) is 3.62. The van der Waals surface area contributed by atoms with Crippen molar-refractivity contribution in [2.45, 2.75) is 13.1 Å². The molecule has 2 saturated heterocycles. The molecular formula is C19H23F3N6O. The molecule has 0 N–H and O–H groups in total. The summed E-state index contributed by atoms with van der Waals surface area (Å²) in [5, 5.41) is 0. The summed E-state index contributed by atoms with van der Waals surface area (Å²) >= 11 is 0. The number of alkyl halides is 3. The highest BCUT2D eigenvalue weighted by Crippen LogP contribution is 2.30. The number of halogens is 3. The van der Waals surface area contributed by atoms with E-state index in [1.165, 1.54) is 6.20 Å². The Morgan fingerprint density at radius 3 is 2.07 bits per heavy atom. The van der Waals surface area contributed by atoms with Gasteiger partial charge in [0.05, 0.1) is 13.2 Å². The fourth-order valence-electron chi connectivity index (χ4n) is 3.62. The first-order valence-electron chi connectivity index (χ1n) is 9.62. The Morgan fingerprint density at radius 1 is 0.862 bits per heavy atom. The molecule has 2 aliphatic rings. The SMILES string of the molecule is Cc1nc(N2CCOCC2)cc(N2CCN(c3ccnc(C(F)(F)F)c3)CC2)n1. The number of pyridine rings is 1. The Bertz CT molecular complexity index is 848. The predicted molar refractivity (Wildman–Crippen MR) is 103 cm³/mol. The van der Waals surface area contributed by atoms with E-state index in [0.29, 0.717) is 50.9 Å². The maximum Gasteiger partial charge on any atom is 0.433 e. The Kier molecular flexibility index (Phi) is 5.44. The summed E-state index contributed by atoms with van der Waals surface area (Å²) in [6, 6.07) is 4.72.